The van der Waals surface area contributed by atoms with Crippen LogP contribution in [0.3, 0.4) is 0 Å². The summed E-state index contributed by atoms with van der Waals surface area (Å²) in [6, 6.07) is 9.47. The minimum Gasteiger partial charge on any atom is -0.507 e. The molecule has 0 aliphatic carbocycles. The van der Waals surface area contributed by atoms with Crippen LogP contribution in [0.5, 0.6) is 11.5 Å². The van der Waals surface area contributed by atoms with E-state index in [0.29, 0.717) is 24.3 Å². The maximum Gasteiger partial charge on any atom is 0.295 e. The number of carbonyl (C=O) groups is 2. The van der Waals surface area contributed by atoms with Gasteiger partial charge < -0.3 is 24.7 Å². The van der Waals surface area contributed by atoms with Gasteiger partial charge in [0.15, 0.2) is 0 Å². The topological polar surface area (TPSA) is 90.3 Å². The zero-order chi connectivity index (χ0) is 23.6. The third-order valence-corrected chi connectivity index (χ3v) is 5.84. The number of rotatable bonds is 7. The molecule has 1 aliphatic rings. The number of methoxy groups -OCH3 is 1. The Balaban J connectivity index is 2.20. The van der Waals surface area contributed by atoms with E-state index < -0.39 is 23.5 Å². The lowest BCUT2D eigenvalue weighted by atomic mass is 9.93. The van der Waals surface area contributed by atoms with E-state index in [1.54, 1.807) is 30.3 Å². The van der Waals surface area contributed by atoms with E-state index in [4.69, 9.17) is 4.74 Å². The van der Waals surface area contributed by atoms with E-state index in [9.17, 15) is 19.8 Å². The Morgan fingerprint density at radius 2 is 1.78 bits per heavy atom. The second-order valence-electron chi connectivity index (χ2n) is 8.34. The maximum atomic E-state index is 13.1. The van der Waals surface area contributed by atoms with Crippen molar-refractivity contribution >= 4 is 17.4 Å². The van der Waals surface area contributed by atoms with Crippen molar-refractivity contribution in [2.24, 2.45) is 0 Å². The monoisotopic (exact) mass is 438 g/mol. The first-order valence-electron chi connectivity index (χ1n) is 10.5. The molecule has 170 valence electrons. The van der Waals surface area contributed by atoms with Crippen molar-refractivity contribution < 1.29 is 24.5 Å². The molecule has 2 aromatic rings. The van der Waals surface area contributed by atoms with Crippen molar-refractivity contribution in [1.29, 1.82) is 0 Å². The average Bonchev–Trinajstić information content (AvgIpc) is 3.00. The molecular weight excluding hydrogens is 408 g/mol. The predicted molar refractivity (Wildman–Crippen MR) is 123 cm³/mol. The van der Waals surface area contributed by atoms with Crippen LogP contribution in [-0.2, 0) is 9.59 Å². The highest BCUT2D eigenvalue weighted by Gasteiger charge is 2.47. The molecule has 0 spiro atoms. The number of Topliss-reactive ketones (excluding diaryl/α,β-unsaturated/α-hetero) is 1. The molecule has 0 aromatic heterocycles. The number of phenols is 1. The predicted octanol–water partition coefficient (Wildman–Crippen LogP) is 3.39. The largest absolute Gasteiger partial charge is 0.507 e. The number of aromatic hydroxyl groups is 1. The van der Waals surface area contributed by atoms with Gasteiger partial charge in [0.2, 0.25) is 0 Å². The SMILES string of the molecule is COc1ccccc1C1/C(=C(\O)c2cc(C)c(C)cc2O)C(=O)C(=O)N1CCCN(C)C. The minimum atomic E-state index is -0.825. The number of likely N-dealkylation sites (tertiary alicyclic amines) is 1. The second-order valence-corrected chi connectivity index (χ2v) is 8.34. The molecule has 1 amide bonds. The number of carbonyl (C=O) groups excluding carboxylic acids is 2. The number of hydrogen-bond acceptors (Lipinski definition) is 6. The highest BCUT2D eigenvalue weighted by molar-refractivity contribution is 6.46. The van der Waals surface area contributed by atoms with Gasteiger partial charge in [-0.15, -0.1) is 0 Å². The molecule has 1 heterocycles. The van der Waals surface area contributed by atoms with Crippen LogP contribution in [0, 0.1) is 13.8 Å². The van der Waals surface area contributed by atoms with Gasteiger partial charge in [0, 0.05) is 12.1 Å². The number of hydrogen-bond donors (Lipinski definition) is 2. The maximum absolute atomic E-state index is 13.1. The van der Waals surface area contributed by atoms with Gasteiger partial charge in [0.05, 0.1) is 24.3 Å². The molecular formula is C25H30N2O5. The lowest BCUT2D eigenvalue weighted by Crippen LogP contribution is -2.32. The fourth-order valence-electron chi connectivity index (χ4n) is 4.02. The van der Waals surface area contributed by atoms with Crippen LogP contribution in [0.25, 0.3) is 5.76 Å². The smallest absolute Gasteiger partial charge is 0.295 e. The molecule has 0 saturated carbocycles. The van der Waals surface area contributed by atoms with Crippen molar-refractivity contribution in [2.45, 2.75) is 26.3 Å². The normalized spacial score (nSPS) is 17.9. The number of aliphatic hydroxyl groups excluding tert-OH is 1. The molecule has 1 unspecified atom stereocenters. The molecule has 1 saturated heterocycles. The van der Waals surface area contributed by atoms with Crippen molar-refractivity contribution in [2.75, 3.05) is 34.3 Å². The standard InChI is InChI=1S/C25H30N2O5/c1-15-13-18(19(28)14-16(15)2)23(29)21-22(17-9-6-7-10-20(17)32-5)27(25(31)24(21)30)12-8-11-26(3)4/h6-7,9-10,13-14,22,28-29H,8,11-12H2,1-5H3/b23-21+. The van der Waals surface area contributed by atoms with Gasteiger partial charge in [-0.05, 0) is 70.2 Å². The van der Waals surface area contributed by atoms with Gasteiger partial charge in [-0.3, -0.25) is 9.59 Å². The van der Waals surface area contributed by atoms with E-state index in [1.165, 1.54) is 18.1 Å². The minimum absolute atomic E-state index is 0.0529. The third kappa shape index (κ3) is 4.34. The summed E-state index contributed by atoms with van der Waals surface area (Å²) in [5, 5.41) is 21.7. The number of aryl methyl sites for hydroxylation is 2. The summed E-state index contributed by atoms with van der Waals surface area (Å²) in [4.78, 5) is 29.6. The van der Waals surface area contributed by atoms with E-state index >= 15 is 0 Å². The van der Waals surface area contributed by atoms with Crippen LogP contribution in [-0.4, -0.2) is 66.0 Å². The summed E-state index contributed by atoms with van der Waals surface area (Å²) < 4.78 is 5.50. The lowest BCUT2D eigenvalue weighted by molar-refractivity contribution is -0.140. The number of para-hydroxylation sites is 1. The lowest BCUT2D eigenvalue weighted by Gasteiger charge is -2.27. The van der Waals surface area contributed by atoms with Gasteiger partial charge in [0.25, 0.3) is 11.7 Å². The summed E-state index contributed by atoms with van der Waals surface area (Å²) in [6.45, 7) is 4.77. The van der Waals surface area contributed by atoms with Crippen molar-refractivity contribution in [3.8, 4) is 11.5 Å². The molecule has 2 N–H and O–H groups in total. The molecule has 32 heavy (non-hydrogen) atoms. The summed E-state index contributed by atoms with van der Waals surface area (Å²) >= 11 is 0. The molecule has 7 heteroatoms. The van der Waals surface area contributed by atoms with Crippen LogP contribution < -0.4 is 4.74 Å². The fraction of sp³-hybridized carbons (Fsp3) is 0.360. The number of amides is 1. The molecule has 1 fully saturated rings. The summed E-state index contributed by atoms with van der Waals surface area (Å²) in [5.74, 6) is -1.49. The van der Waals surface area contributed by atoms with E-state index in [2.05, 4.69) is 0 Å². The quantitative estimate of drug-likeness (QED) is 0.391. The van der Waals surface area contributed by atoms with Crippen LogP contribution in [0.15, 0.2) is 42.0 Å². The van der Waals surface area contributed by atoms with Gasteiger partial charge in [-0.1, -0.05) is 18.2 Å². The number of phenolic OH excluding ortho intramolecular Hbond substituents is 1. The first-order chi connectivity index (χ1) is 15.2. The van der Waals surface area contributed by atoms with E-state index in [0.717, 1.165) is 17.7 Å². The Bertz CT molecular complexity index is 1070. The Hall–Kier alpha value is -3.32. The number of ketones is 1. The number of ether oxygens (including phenoxy) is 1. The molecule has 7 nitrogen and oxygen atoms in total. The van der Waals surface area contributed by atoms with Crippen LogP contribution in [0.2, 0.25) is 0 Å². The van der Waals surface area contributed by atoms with Crippen LogP contribution in [0.1, 0.15) is 34.7 Å². The fourth-order valence-corrected chi connectivity index (χ4v) is 4.02. The molecule has 0 bridgehead atoms. The van der Waals surface area contributed by atoms with Crippen molar-refractivity contribution in [3.05, 3.63) is 64.2 Å². The zero-order valence-corrected chi connectivity index (χ0v) is 19.2. The van der Waals surface area contributed by atoms with Gasteiger partial charge in [-0.2, -0.15) is 0 Å². The Labute approximate surface area is 188 Å². The molecule has 1 atom stereocenters. The average molecular weight is 439 g/mol. The number of aliphatic hydroxyl groups is 1. The molecule has 3 rings (SSSR count). The highest BCUT2D eigenvalue weighted by Crippen LogP contribution is 2.43. The van der Waals surface area contributed by atoms with E-state index in [1.807, 2.05) is 32.8 Å². The summed E-state index contributed by atoms with van der Waals surface area (Å²) in [7, 11) is 5.40. The Morgan fingerprint density at radius 3 is 2.44 bits per heavy atom. The van der Waals surface area contributed by atoms with E-state index in [-0.39, 0.29) is 16.9 Å². The Kier molecular flexibility index (Phi) is 6.89. The number of benzene rings is 2. The van der Waals surface area contributed by atoms with Crippen molar-refractivity contribution in [1.82, 2.24) is 9.80 Å². The van der Waals surface area contributed by atoms with Gasteiger partial charge in [0.1, 0.15) is 17.3 Å². The Morgan fingerprint density at radius 1 is 1.12 bits per heavy atom. The van der Waals surface area contributed by atoms with Crippen LogP contribution >= 0.6 is 0 Å². The molecule has 0 radical (unpaired) electrons. The zero-order valence-electron chi connectivity index (χ0n) is 19.2. The number of nitrogens with zero attached hydrogens (tertiary/aromatic N) is 2. The third-order valence-electron chi connectivity index (χ3n) is 5.84. The van der Waals surface area contributed by atoms with Gasteiger partial charge in [-0.25, -0.2) is 0 Å². The summed E-state index contributed by atoms with van der Waals surface area (Å²) in [5.41, 5.74) is 2.37. The molecule has 2 aromatic carbocycles. The summed E-state index contributed by atoms with van der Waals surface area (Å²) in [6.07, 6.45) is 0.653. The second kappa shape index (κ2) is 9.44. The first-order valence-corrected chi connectivity index (χ1v) is 10.5. The van der Waals surface area contributed by atoms with Gasteiger partial charge >= 0.3 is 0 Å². The molecule has 1 aliphatic heterocycles. The van der Waals surface area contributed by atoms with Crippen molar-refractivity contribution in [3.63, 3.8) is 0 Å². The van der Waals surface area contributed by atoms with Crippen LogP contribution in [0.4, 0.5) is 0 Å². The first kappa shape index (κ1) is 23.3. The highest BCUT2D eigenvalue weighted by atomic mass is 16.5.